The molecule has 498 valence electrons. The monoisotopic (exact) mass is 1210 g/mol. The minimum Gasteiger partial charge on any atom is -0.399 e. The van der Waals surface area contributed by atoms with E-state index >= 15 is 0 Å². The van der Waals surface area contributed by atoms with Crippen LogP contribution < -0.4 is 11.6 Å². The molecule has 1 aromatic rings. The normalized spacial score (nSPS) is 15.2. The minimum absolute atomic E-state index is 0.0128. The van der Waals surface area contributed by atoms with Crippen molar-refractivity contribution < 1.29 is 73.3 Å². The number of hydrogen-bond acceptors (Lipinski definition) is 20. The lowest BCUT2D eigenvalue weighted by Crippen LogP contribution is -2.50. The van der Waals surface area contributed by atoms with Crippen molar-refractivity contribution >= 4 is 0 Å². The summed E-state index contributed by atoms with van der Waals surface area (Å²) in [6, 6.07) is 0. The van der Waals surface area contributed by atoms with E-state index in [2.05, 4.69) is 38.0 Å². The van der Waals surface area contributed by atoms with E-state index in [0.29, 0.717) is 64.2 Å². The Hall–Kier alpha value is -2.16. The molecule has 0 aliphatic heterocycles. The summed E-state index contributed by atoms with van der Waals surface area (Å²) in [7, 11) is 0. The number of nitrogens with two attached hydrogens (primary N) is 2. The number of hydrazine groups is 1. The zero-order chi connectivity index (χ0) is 62.1. The number of aliphatic hydroxyl groups excluding tert-OH is 5. The molecule has 1 heterocycles. The van der Waals surface area contributed by atoms with E-state index in [4.69, 9.17) is 54.2 Å². The molecule has 10 N–H and O–H groups in total. The summed E-state index contributed by atoms with van der Waals surface area (Å²) < 4.78 is 56.4. The molecule has 0 aliphatic carbocycles. The first-order valence-corrected chi connectivity index (χ1v) is 32.9. The average Bonchev–Trinajstić information content (AvgIpc) is 4.11. The van der Waals surface area contributed by atoms with E-state index in [9.17, 15) is 30.6 Å². The predicted octanol–water partition coefficient (Wildman–Crippen LogP) is 9.24. The third-order valence-electron chi connectivity index (χ3n) is 14.7. The molecular weight excluding hydrogens is 1080 g/mol. The first-order chi connectivity index (χ1) is 40.4. The summed E-state index contributed by atoms with van der Waals surface area (Å²) in [6.07, 6.45) is 23.3. The number of aliphatic hydroxyl groups is 6. The Morgan fingerprint density at radius 3 is 1.38 bits per heavy atom. The zero-order valence-corrected chi connectivity index (χ0v) is 54.1. The standard InChI is InChI=1S/C63H126N6O15/c1-9-13-17-21-25-29-33-37-76-48-62(7,49-77-38-34-30-26-22-18-14-10-2)80-46-54(64)42-68(65)41-52(5)82-60(58(73)56(72)45-70)84-61(59(74)75)83-57(53(6)71)44-69-43-55(66-67-69)47-81-63(8,50-78-39-35-31-27-23-19-15-11-3)51-79-40-36-32-28-24-20-16-12-4/h42-43,52-53,56-61,70-75H,9-41,44-51,64-65H2,1-8H3/b54-42-. The molecule has 0 radical (unpaired) electrons. The largest absolute Gasteiger partial charge is 0.399 e. The van der Waals surface area contributed by atoms with Crippen LogP contribution in [0.5, 0.6) is 0 Å². The van der Waals surface area contributed by atoms with Gasteiger partial charge in [-0.1, -0.05) is 187 Å². The van der Waals surface area contributed by atoms with Gasteiger partial charge in [0.05, 0.1) is 83.4 Å². The lowest BCUT2D eigenvalue weighted by Gasteiger charge is -2.34. The van der Waals surface area contributed by atoms with Crippen LogP contribution in [0.4, 0.5) is 0 Å². The molecular formula is C63H126N6O15. The molecule has 0 aromatic carbocycles. The van der Waals surface area contributed by atoms with Crippen molar-refractivity contribution in [3.63, 3.8) is 0 Å². The van der Waals surface area contributed by atoms with E-state index in [-0.39, 0.29) is 26.3 Å². The maximum Gasteiger partial charge on any atom is 0.212 e. The molecule has 0 spiro atoms. The second-order valence-corrected chi connectivity index (χ2v) is 23.9. The van der Waals surface area contributed by atoms with Gasteiger partial charge in [0.15, 0.2) is 6.29 Å². The third-order valence-corrected chi connectivity index (χ3v) is 14.7. The summed E-state index contributed by atoms with van der Waals surface area (Å²) in [4.78, 5) is 0. The van der Waals surface area contributed by atoms with Crippen LogP contribution in [-0.2, 0) is 55.8 Å². The first kappa shape index (κ1) is 79.9. The van der Waals surface area contributed by atoms with E-state index in [0.717, 1.165) is 51.4 Å². The number of aromatic nitrogens is 3. The van der Waals surface area contributed by atoms with E-state index in [1.165, 1.54) is 151 Å². The van der Waals surface area contributed by atoms with Gasteiger partial charge in [-0.05, 0) is 53.4 Å². The highest BCUT2D eigenvalue weighted by Crippen LogP contribution is 2.21. The van der Waals surface area contributed by atoms with E-state index in [1.54, 1.807) is 13.1 Å². The van der Waals surface area contributed by atoms with Gasteiger partial charge in [-0.3, -0.25) is 0 Å². The molecule has 1 rings (SSSR count). The molecule has 21 nitrogen and oxygen atoms in total. The summed E-state index contributed by atoms with van der Waals surface area (Å²) in [5.41, 5.74) is 5.67. The Balaban J connectivity index is 3.02. The highest BCUT2D eigenvalue weighted by molar-refractivity contribution is 4.97. The quantitative estimate of drug-likeness (QED) is 0.0130. The predicted molar refractivity (Wildman–Crippen MR) is 329 cm³/mol. The summed E-state index contributed by atoms with van der Waals surface area (Å²) >= 11 is 0. The summed E-state index contributed by atoms with van der Waals surface area (Å²) in [6.45, 7) is 18.7. The van der Waals surface area contributed by atoms with Gasteiger partial charge in [0.25, 0.3) is 0 Å². The van der Waals surface area contributed by atoms with Crippen molar-refractivity contribution in [3.05, 3.63) is 23.8 Å². The summed E-state index contributed by atoms with van der Waals surface area (Å²) in [5, 5.41) is 73.1. The maximum atomic E-state index is 11.1. The van der Waals surface area contributed by atoms with Gasteiger partial charge in [0.1, 0.15) is 35.2 Å². The van der Waals surface area contributed by atoms with Crippen LogP contribution >= 0.6 is 0 Å². The van der Waals surface area contributed by atoms with Gasteiger partial charge in [0.2, 0.25) is 12.6 Å². The number of hydrogen-bond donors (Lipinski definition) is 8. The van der Waals surface area contributed by atoms with Gasteiger partial charge in [-0.2, -0.15) is 0 Å². The topological polar surface area (TPSA) is 290 Å². The first-order valence-electron chi connectivity index (χ1n) is 32.9. The molecule has 0 aliphatic rings. The minimum atomic E-state index is -2.33. The molecule has 0 bridgehead atoms. The third kappa shape index (κ3) is 41.9. The summed E-state index contributed by atoms with van der Waals surface area (Å²) in [5.74, 6) is 6.38. The highest BCUT2D eigenvalue weighted by atomic mass is 16.8. The lowest BCUT2D eigenvalue weighted by molar-refractivity contribution is -0.348. The van der Waals surface area contributed by atoms with Gasteiger partial charge < -0.3 is 84.0 Å². The van der Waals surface area contributed by atoms with Crippen molar-refractivity contribution in [2.45, 2.75) is 309 Å². The number of unbranched alkanes of at least 4 members (excludes halogenated alkanes) is 24. The lowest BCUT2D eigenvalue weighted by atomic mass is 10.1. The average molecular weight is 1210 g/mol. The van der Waals surface area contributed by atoms with Crippen LogP contribution in [0.15, 0.2) is 18.1 Å². The van der Waals surface area contributed by atoms with Gasteiger partial charge in [0, 0.05) is 32.6 Å². The molecule has 0 amide bonds. The number of ether oxygens (including phenoxy) is 9. The van der Waals surface area contributed by atoms with Crippen molar-refractivity contribution in [2.75, 3.05) is 72.6 Å². The van der Waals surface area contributed by atoms with E-state index in [1.807, 2.05) is 13.8 Å². The Kier molecular flexibility index (Phi) is 49.1. The number of nitrogens with zero attached hydrogens (tertiary/aromatic N) is 4. The van der Waals surface area contributed by atoms with E-state index < -0.39 is 67.2 Å². The van der Waals surface area contributed by atoms with Crippen molar-refractivity contribution in [2.24, 2.45) is 11.6 Å². The molecule has 7 unspecified atom stereocenters. The van der Waals surface area contributed by atoms with Crippen molar-refractivity contribution in [3.8, 4) is 0 Å². The Bertz CT molecular complexity index is 1610. The van der Waals surface area contributed by atoms with Gasteiger partial charge >= 0.3 is 0 Å². The molecule has 0 fully saturated rings. The Morgan fingerprint density at radius 1 is 0.583 bits per heavy atom. The van der Waals surface area contributed by atoms with Crippen molar-refractivity contribution in [1.82, 2.24) is 20.0 Å². The van der Waals surface area contributed by atoms with Crippen LogP contribution in [-0.4, -0.2) is 184 Å². The van der Waals surface area contributed by atoms with Crippen LogP contribution in [0.3, 0.4) is 0 Å². The van der Waals surface area contributed by atoms with Crippen LogP contribution in [0.25, 0.3) is 0 Å². The van der Waals surface area contributed by atoms with Crippen LogP contribution in [0.2, 0.25) is 0 Å². The number of rotatable bonds is 62. The second kappa shape index (κ2) is 51.7. The smallest absolute Gasteiger partial charge is 0.212 e. The fourth-order valence-corrected chi connectivity index (χ4v) is 9.37. The molecule has 1 aromatic heterocycles. The molecule has 84 heavy (non-hydrogen) atoms. The van der Waals surface area contributed by atoms with Crippen molar-refractivity contribution in [1.29, 1.82) is 0 Å². The van der Waals surface area contributed by atoms with Gasteiger partial charge in [-0.15, -0.1) is 5.10 Å². The molecule has 0 saturated heterocycles. The molecule has 0 saturated carbocycles. The maximum absolute atomic E-state index is 11.1. The Labute approximate surface area is 508 Å². The fourth-order valence-electron chi connectivity index (χ4n) is 9.37. The molecule has 7 atom stereocenters. The van der Waals surface area contributed by atoms with Crippen LogP contribution in [0, 0.1) is 0 Å². The highest BCUT2D eigenvalue weighted by Gasteiger charge is 2.36. The Morgan fingerprint density at radius 2 is 0.988 bits per heavy atom. The fraction of sp³-hybridized carbons (Fsp3) is 0.937. The van der Waals surface area contributed by atoms with Gasteiger partial charge in [-0.25, -0.2) is 10.5 Å². The van der Waals surface area contributed by atoms with Crippen LogP contribution in [0.1, 0.15) is 241 Å². The SMILES string of the molecule is CCCCCCCCCOCC(C)(COCCCCCCCCC)OC/C(N)=C/N(N)CC(C)OC(OC(OC(Cn1cc(COC(C)(COCCCCCCCCC)COCCCCCCCCC)nn1)C(C)O)C(O)O)C(O)C(O)CO. The second-order valence-electron chi connectivity index (χ2n) is 23.9. The zero-order valence-electron chi connectivity index (χ0n) is 54.1. The molecule has 21 heteroatoms.